The summed E-state index contributed by atoms with van der Waals surface area (Å²) in [5.74, 6) is 2.00. The van der Waals surface area contributed by atoms with E-state index in [1.165, 1.54) is 11.8 Å². The first-order valence-electron chi connectivity index (χ1n) is 7.08. The van der Waals surface area contributed by atoms with Gasteiger partial charge in [-0.25, -0.2) is 0 Å². The maximum atomic E-state index is 5.87. The normalized spacial score (nSPS) is 10.7. The Morgan fingerprint density at radius 2 is 1.96 bits per heavy atom. The van der Waals surface area contributed by atoms with Crippen LogP contribution in [0.3, 0.4) is 0 Å². The zero-order valence-corrected chi connectivity index (χ0v) is 14.1. The third-order valence-corrected chi connectivity index (χ3v) is 4.22. The molecule has 23 heavy (non-hydrogen) atoms. The fourth-order valence-corrected chi connectivity index (χ4v) is 2.79. The molecule has 0 N–H and O–H groups in total. The second kappa shape index (κ2) is 7.53. The average Bonchev–Trinajstić information content (AvgIpc) is 3.00. The molecule has 0 aliphatic carbocycles. The Labute approximate surface area is 143 Å². The third kappa shape index (κ3) is 4.74. The van der Waals surface area contributed by atoms with E-state index < -0.39 is 0 Å². The maximum Gasteiger partial charge on any atom is 0.277 e. The van der Waals surface area contributed by atoms with Gasteiger partial charge in [-0.2, -0.15) is 0 Å². The Kier molecular flexibility index (Phi) is 5.20. The smallest absolute Gasteiger partial charge is 0.277 e. The molecule has 0 saturated carbocycles. The SMILES string of the molecule is Cc1cccc(OCc2nnc(SCc3ccc(Cl)cc3)o2)c1. The van der Waals surface area contributed by atoms with Crippen molar-refractivity contribution in [3.63, 3.8) is 0 Å². The summed E-state index contributed by atoms with van der Waals surface area (Å²) in [5.41, 5.74) is 2.29. The molecule has 0 saturated heterocycles. The zero-order valence-electron chi connectivity index (χ0n) is 12.5. The number of rotatable bonds is 6. The van der Waals surface area contributed by atoms with Crippen molar-refractivity contribution in [2.45, 2.75) is 24.5 Å². The molecular formula is C17H15ClN2O2S. The summed E-state index contributed by atoms with van der Waals surface area (Å²) in [6.07, 6.45) is 0. The van der Waals surface area contributed by atoms with E-state index in [2.05, 4.69) is 10.2 Å². The number of halogens is 1. The maximum absolute atomic E-state index is 5.87. The fourth-order valence-electron chi connectivity index (χ4n) is 1.93. The van der Waals surface area contributed by atoms with Crippen LogP contribution in [0.25, 0.3) is 0 Å². The average molecular weight is 347 g/mol. The number of benzene rings is 2. The van der Waals surface area contributed by atoms with Crippen LogP contribution in [-0.4, -0.2) is 10.2 Å². The highest BCUT2D eigenvalue weighted by molar-refractivity contribution is 7.98. The summed E-state index contributed by atoms with van der Waals surface area (Å²) in [4.78, 5) is 0. The Hall–Kier alpha value is -1.98. The second-order valence-electron chi connectivity index (χ2n) is 4.98. The van der Waals surface area contributed by atoms with Gasteiger partial charge in [0.25, 0.3) is 11.1 Å². The van der Waals surface area contributed by atoms with Gasteiger partial charge in [0.15, 0.2) is 6.61 Å². The molecule has 0 radical (unpaired) electrons. The predicted octanol–water partition coefficient (Wildman–Crippen LogP) is 4.90. The lowest BCUT2D eigenvalue weighted by atomic mass is 10.2. The minimum Gasteiger partial charge on any atom is -0.484 e. The lowest BCUT2D eigenvalue weighted by Crippen LogP contribution is -1.95. The van der Waals surface area contributed by atoms with Crippen LogP contribution in [0.15, 0.2) is 58.2 Å². The number of nitrogens with zero attached hydrogens (tertiary/aromatic N) is 2. The van der Waals surface area contributed by atoms with Gasteiger partial charge in [0.1, 0.15) is 5.75 Å². The molecule has 118 valence electrons. The summed E-state index contributed by atoms with van der Waals surface area (Å²) < 4.78 is 11.2. The first-order chi connectivity index (χ1) is 11.2. The number of aromatic nitrogens is 2. The number of ether oxygens (including phenoxy) is 1. The monoisotopic (exact) mass is 346 g/mol. The molecular weight excluding hydrogens is 332 g/mol. The first kappa shape index (κ1) is 15.9. The first-order valence-corrected chi connectivity index (χ1v) is 8.44. The molecule has 0 spiro atoms. The van der Waals surface area contributed by atoms with Crippen LogP contribution < -0.4 is 4.74 Å². The van der Waals surface area contributed by atoms with Crippen LogP contribution in [0.5, 0.6) is 5.75 Å². The molecule has 3 rings (SSSR count). The van der Waals surface area contributed by atoms with Gasteiger partial charge in [0.2, 0.25) is 0 Å². The highest BCUT2D eigenvalue weighted by atomic mass is 35.5. The third-order valence-electron chi connectivity index (χ3n) is 3.08. The Morgan fingerprint density at radius 3 is 2.74 bits per heavy atom. The lowest BCUT2D eigenvalue weighted by Gasteiger charge is -2.03. The van der Waals surface area contributed by atoms with Gasteiger partial charge in [0.05, 0.1) is 0 Å². The summed E-state index contributed by atoms with van der Waals surface area (Å²) in [6.45, 7) is 2.28. The fraction of sp³-hybridized carbons (Fsp3) is 0.176. The van der Waals surface area contributed by atoms with E-state index in [9.17, 15) is 0 Å². The van der Waals surface area contributed by atoms with Crippen LogP contribution in [0.1, 0.15) is 17.0 Å². The van der Waals surface area contributed by atoms with E-state index in [4.69, 9.17) is 20.8 Å². The molecule has 0 amide bonds. The van der Waals surface area contributed by atoms with Gasteiger partial charge in [-0.15, -0.1) is 10.2 Å². The molecule has 1 aromatic heterocycles. The topological polar surface area (TPSA) is 48.2 Å². The van der Waals surface area contributed by atoms with Crippen molar-refractivity contribution in [2.24, 2.45) is 0 Å². The van der Waals surface area contributed by atoms with Crippen molar-refractivity contribution in [3.8, 4) is 5.75 Å². The van der Waals surface area contributed by atoms with E-state index in [0.717, 1.165) is 27.7 Å². The molecule has 0 atom stereocenters. The van der Waals surface area contributed by atoms with E-state index >= 15 is 0 Å². The minimum atomic E-state index is 0.262. The highest BCUT2D eigenvalue weighted by Crippen LogP contribution is 2.23. The van der Waals surface area contributed by atoms with Crippen molar-refractivity contribution in [1.82, 2.24) is 10.2 Å². The number of thioether (sulfide) groups is 1. The summed E-state index contributed by atoms with van der Waals surface area (Å²) in [7, 11) is 0. The minimum absolute atomic E-state index is 0.262. The van der Waals surface area contributed by atoms with E-state index in [1.807, 2.05) is 55.5 Å². The second-order valence-corrected chi connectivity index (χ2v) is 6.35. The van der Waals surface area contributed by atoms with E-state index in [1.54, 1.807) is 0 Å². The van der Waals surface area contributed by atoms with Crippen molar-refractivity contribution in [1.29, 1.82) is 0 Å². The van der Waals surface area contributed by atoms with Crippen LogP contribution in [0.4, 0.5) is 0 Å². The van der Waals surface area contributed by atoms with Gasteiger partial charge in [-0.3, -0.25) is 0 Å². The molecule has 1 heterocycles. The van der Waals surface area contributed by atoms with Gasteiger partial charge >= 0.3 is 0 Å². The predicted molar refractivity (Wildman–Crippen MR) is 90.8 cm³/mol. The number of hydrogen-bond acceptors (Lipinski definition) is 5. The van der Waals surface area contributed by atoms with Crippen molar-refractivity contribution in [2.75, 3.05) is 0 Å². The van der Waals surface area contributed by atoms with Gasteiger partial charge in [0, 0.05) is 10.8 Å². The van der Waals surface area contributed by atoms with Crippen LogP contribution >= 0.6 is 23.4 Å². The van der Waals surface area contributed by atoms with E-state index in [0.29, 0.717) is 11.1 Å². The van der Waals surface area contributed by atoms with Crippen molar-refractivity contribution in [3.05, 3.63) is 70.6 Å². The molecule has 3 aromatic rings. The molecule has 6 heteroatoms. The Morgan fingerprint density at radius 1 is 1.13 bits per heavy atom. The van der Waals surface area contributed by atoms with Gasteiger partial charge in [-0.05, 0) is 42.3 Å². The summed E-state index contributed by atoms with van der Waals surface area (Å²) in [5, 5.41) is 9.27. The molecule has 2 aromatic carbocycles. The lowest BCUT2D eigenvalue weighted by molar-refractivity contribution is 0.252. The highest BCUT2D eigenvalue weighted by Gasteiger charge is 2.08. The van der Waals surface area contributed by atoms with E-state index in [-0.39, 0.29) is 6.61 Å². The zero-order chi connectivity index (χ0) is 16.1. The van der Waals surface area contributed by atoms with Gasteiger partial charge in [-0.1, -0.05) is 47.6 Å². The quantitative estimate of drug-likeness (QED) is 0.594. The molecule has 4 nitrogen and oxygen atoms in total. The van der Waals surface area contributed by atoms with Crippen molar-refractivity contribution < 1.29 is 9.15 Å². The molecule has 0 aliphatic heterocycles. The summed E-state index contributed by atoms with van der Waals surface area (Å²) >= 11 is 7.35. The van der Waals surface area contributed by atoms with Crippen LogP contribution in [0.2, 0.25) is 5.02 Å². The molecule has 0 aliphatic rings. The number of hydrogen-bond donors (Lipinski definition) is 0. The number of aryl methyl sites for hydroxylation is 1. The van der Waals surface area contributed by atoms with Crippen LogP contribution in [-0.2, 0) is 12.4 Å². The summed E-state index contributed by atoms with van der Waals surface area (Å²) in [6, 6.07) is 15.5. The molecule has 0 fully saturated rings. The Bertz CT molecular complexity index is 774. The molecule has 0 unspecified atom stereocenters. The largest absolute Gasteiger partial charge is 0.484 e. The van der Waals surface area contributed by atoms with Crippen molar-refractivity contribution >= 4 is 23.4 Å². The van der Waals surface area contributed by atoms with Crippen LogP contribution in [0, 0.1) is 6.92 Å². The van der Waals surface area contributed by atoms with Gasteiger partial charge < -0.3 is 9.15 Å². The molecule has 0 bridgehead atoms. The standard InChI is InChI=1S/C17H15ClN2O2S/c1-12-3-2-4-15(9-12)21-10-16-19-20-17(22-16)23-11-13-5-7-14(18)8-6-13/h2-9H,10-11H2,1H3. The Balaban J connectivity index is 1.52.